The zero-order chi connectivity index (χ0) is 16.3. The molecule has 2 fully saturated rings. The molecular formula is C15H26N2O4S. The Morgan fingerprint density at radius 1 is 1.36 bits per heavy atom. The number of nitrogens with zero attached hydrogens (tertiary/aromatic N) is 2. The number of sulfone groups is 1. The van der Waals surface area contributed by atoms with Crippen molar-refractivity contribution in [2.45, 2.75) is 45.6 Å². The lowest BCUT2D eigenvalue weighted by molar-refractivity contribution is -0.137. The van der Waals surface area contributed by atoms with Crippen molar-refractivity contribution in [3.63, 3.8) is 0 Å². The molecular weight excluding hydrogens is 304 g/mol. The Balaban J connectivity index is 1.99. The lowest BCUT2D eigenvalue weighted by Crippen LogP contribution is -2.44. The molecule has 0 saturated carbocycles. The highest BCUT2D eigenvalue weighted by molar-refractivity contribution is 7.91. The third-order valence-electron chi connectivity index (χ3n) is 4.62. The van der Waals surface area contributed by atoms with Crippen LogP contribution in [0.4, 0.5) is 0 Å². The molecule has 126 valence electrons. The third-order valence-corrected chi connectivity index (χ3v) is 6.37. The van der Waals surface area contributed by atoms with E-state index in [0.29, 0.717) is 26.1 Å². The smallest absolute Gasteiger partial charge is 0.228 e. The molecule has 6 nitrogen and oxygen atoms in total. The van der Waals surface area contributed by atoms with Gasteiger partial charge in [-0.05, 0) is 19.8 Å². The summed E-state index contributed by atoms with van der Waals surface area (Å²) in [6, 6.07) is -0.220. The Morgan fingerprint density at radius 3 is 2.64 bits per heavy atom. The lowest BCUT2D eigenvalue weighted by atomic mass is 10.1. The number of unbranched alkanes of at least 4 members (excludes halogenated alkanes) is 1. The fraction of sp³-hybridized carbons (Fsp3) is 0.867. The summed E-state index contributed by atoms with van der Waals surface area (Å²) >= 11 is 0. The fourth-order valence-corrected chi connectivity index (χ4v) is 5.08. The van der Waals surface area contributed by atoms with Gasteiger partial charge in [-0.15, -0.1) is 0 Å². The average molecular weight is 330 g/mol. The van der Waals surface area contributed by atoms with Gasteiger partial charge in [0.1, 0.15) is 0 Å². The van der Waals surface area contributed by atoms with Gasteiger partial charge in [-0.2, -0.15) is 0 Å². The van der Waals surface area contributed by atoms with Gasteiger partial charge in [0.25, 0.3) is 0 Å². The molecule has 0 aromatic heterocycles. The lowest BCUT2D eigenvalue weighted by Gasteiger charge is -2.29. The standard InChI is InChI=1S/C15H26N2O4S/c1-3-5-7-16-10-12(9-14(16)18)15(19)17(4-2)13-6-8-22(20,21)11-13/h12-13H,3-11H2,1-2H3. The van der Waals surface area contributed by atoms with Gasteiger partial charge in [-0.3, -0.25) is 9.59 Å². The Bertz CT molecular complexity index is 532. The topological polar surface area (TPSA) is 74.8 Å². The van der Waals surface area contributed by atoms with Crippen LogP contribution in [0.5, 0.6) is 0 Å². The van der Waals surface area contributed by atoms with E-state index < -0.39 is 9.84 Å². The van der Waals surface area contributed by atoms with E-state index in [0.717, 1.165) is 12.8 Å². The average Bonchev–Trinajstić information content (AvgIpc) is 3.00. The van der Waals surface area contributed by atoms with Gasteiger partial charge in [0.2, 0.25) is 11.8 Å². The highest BCUT2D eigenvalue weighted by atomic mass is 32.2. The predicted molar refractivity (Wildman–Crippen MR) is 84.0 cm³/mol. The summed E-state index contributed by atoms with van der Waals surface area (Å²) in [5, 5.41) is 0. The van der Waals surface area contributed by atoms with Crippen LogP contribution in [0.15, 0.2) is 0 Å². The molecule has 0 aromatic rings. The number of hydrogen-bond acceptors (Lipinski definition) is 4. The number of amides is 2. The summed E-state index contributed by atoms with van der Waals surface area (Å²) < 4.78 is 23.3. The summed E-state index contributed by atoms with van der Waals surface area (Å²) in [4.78, 5) is 28.1. The molecule has 0 N–H and O–H groups in total. The third kappa shape index (κ3) is 3.80. The van der Waals surface area contributed by atoms with Crippen LogP contribution in [-0.2, 0) is 19.4 Å². The maximum absolute atomic E-state index is 12.7. The Kier molecular flexibility index (Phi) is 5.47. The summed E-state index contributed by atoms with van der Waals surface area (Å²) in [5.41, 5.74) is 0. The van der Waals surface area contributed by atoms with Crippen molar-refractivity contribution >= 4 is 21.7 Å². The molecule has 2 amide bonds. The van der Waals surface area contributed by atoms with Crippen molar-refractivity contribution in [2.24, 2.45) is 5.92 Å². The second kappa shape index (κ2) is 6.98. The molecule has 2 heterocycles. The van der Waals surface area contributed by atoms with E-state index in [1.54, 1.807) is 9.80 Å². The monoisotopic (exact) mass is 330 g/mol. The van der Waals surface area contributed by atoms with Crippen LogP contribution in [0.3, 0.4) is 0 Å². The summed E-state index contributed by atoms with van der Waals surface area (Å²) in [6.45, 7) is 5.63. The quantitative estimate of drug-likeness (QED) is 0.717. The van der Waals surface area contributed by atoms with Crippen LogP contribution in [-0.4, -0.2) is 67.2 Å². The van der Waals surface area contributed by atoms with Crippen LogP contribution in [0.1, 0.15) is 39.5 Å². The van der Waals surface area contributed by atoms with Crippen molar-refractivity contribution < 1.29 is 18.0 Å². The SMILES string of the molecule is CCCCN1CC(C(=O)N(CC)C2CCS(=O)(=O)C2)CC1=O. The molecule has 7 heteroatoms. The van der Waals surface area contributed by atoms with Gasteiger partial charge < -0.3 is 9.80 Å². The molecule has 2 aliphatic heterocycles. The minimum absolute atomic E-state index is 0.0434. The Labute approximate surface area is 132 Å². The van der Waals surface area contributed by atoms with Gasteiger partial charge in [-0.25, -0.2) is 8.42 Å². The highest BCUT2D eigenvalue weighted by Crippen LogP contribution is 2.24. The first-order chi connectivity index (χ1) is 10.4. The molecule has 2 aliphatic rings. The first-order valence-corrected chi connectivity index (χ1v) is 9.98. The maximum atomic E-state index is 12.7. The van der Waals surface area contributed by atoms with Crippen LogP contribution in [0, 0.1) is 5.92 Å². The van der Waals surface area contributed by atoms with E-state index in [1.807, 2.05) is 6.92 Å². The largest absolute Gasteiger partial charge is 0.342 e. The van der Waals surface area contributed by atoms with Gasteiger partial charge in [0, 0.05) is 32.1 Å². The van der Waals surface area contributed by atoms with E-state index in [1.165, 1.54) is 0 Å². The molecule has 22 heavy (non-hydrogen) atoms. The van der Waals surface area contributed by atoms with Crippen molar-refractivity contribution in [1.82, 2.24) is 9.80 Å². The predicted octanol–water partition coefficient (Wildman–Crippen LogP) is 0.671. The normalized spacial score (nSPS) is 27.4. The molecule has 0 aromatic carbocycles. The number of likely N-dealkylation sites (tertiary alicyclic amines) is 1. The molecule has 0 radical (unpaired) electrons. The molecule has 0 spiro atoms. The Morgan fingerprint density at radius 2 is 2.09 bits per heavy atom. The number of carbonyl (C=O) groups excluding carboxylic acids is 2. The van der Waals surface area contributed by atoms with Crippen LogP contribution < -0.4 is 0 Å². The first-order valence-electron chi connectivity index (χ1n) is 8.16. The van der Waals surface area contributed by atoms with E-state index in [4.69, 9.17) is 0 Å². The van der Waals surface area contributed by atoms with Crippen LogP contribution >= 0.6 is 0 Å². The van der Waals surface area contributed by atoms with Gasteiger partial charge in [-0.1, -0.05) is 13.3 Å². The van der Waals surface area contributed by atoms with E-state index >= 15 is 0 Å². The van der Waals surface area contributed by atoms with Gasteiger partial charge in [0.05, 0.1) is 17.4 Å². The molecule has 2 unspecified atom stereocenters. The zero-order valence-corrected chi connectivity index (χ0v) is 14.3. The van der Waals surface area contributed by atoms with Gasteiger partial charge in [0.15, 0.2) is 9.84 Å². The van der Waals surface area contributed by atoms with E-state index in [9.17, 15) is 18.0 Å². The second-order valence-corrected chi connectivity index (χ2v) is 8.50. The minimum atomic E-state index is -3.01. The van der Waals surface area contributed by atoms with Crippen LogP contribution in [0.25, 0.3) is 0 Å². The number of hydrogen-bond donors (Lipinski definition) is 0. The Hall–Kier alpha value is -1.11. The van der Waals surface area contributed by atoms with E-state index in [2.05, 4.69) is 6.92 Å². The molecule has 0 bridgehead atoms. The molecule has 2 rings (SSSR count). The summed E-state index contributed by atoms with van der Waals surface area (Å²) in [6.07, 6.45) is 2.75. The van der Waals surface area contributed by atoms with Crippen molar-refractivity contribution in [1.29, 1.82) is 0 Å². The highest BCUT2D eigenvalue weighted by Gasteiger charge is 2.40. The minimum Gasteiger partial charge on any atom is -0.342 e. The first kappa shape index (κ1) is 17.2. The maximum Gasteiger partial charge on any atom is 0.228 e. The van der Waals surface area contributed by atoms with Crippen molar-refractivity contribution in [3.8, 4) is 0 Å². The van der Waals surface area contributed by atoms with Crippen molar-refractivity contribution in [2.75, 3.05) is 31.1 Å². The van der Waals surface area contributed by atoms with Crippen molar-refractivity contribution in [3.05, 3.63) is 0 Å². The van der Waals surface area contributed by atoms with Crippen LogP contribution in [0.2, 0.25) is 0 Å². The zero-order valence-electron chi connectivity index (χ0n) is 13.5. The number of carbonyl (C=O) groups is 2. The molecule has 2 saturated heterocycles. The van der Waals surface area contributed by atoms with E-state index in [-0.39, 0.29) is 41.7 Å². The summed E-state index contributed by atoms with van der Waals surface area (Å²) in [7, 11) is -3.01. The molecule has 2 atom stereocenters. The second-order valence-electron chi connectivity index (χ2n) is 6.28. The van der Waals surface area contributed by atoms with Gasteiger partial charge >= 0.3 is 0 Å². The fourth-order valence-electron chi connectivity index (χ4n) is 3.35. The summed E-state index contributed by atoms with van der Waals surface area (Å²) in [5.74, 6) is -0.105. The molecule has 0 aliphatic carbocycles. The number of rotatable bonds is 6.